The van der Waals surface area contributed by atoms with Crippen molar-refractivity contribution in [3.05, 3.63) is 35.6 Å². The van der Waals surface area contributed by atoms with Gasteiger partial charge in [-0.1, -0.05) is 24.6 Å². The lowest BCUT2D eigenvalue weighted by atomic mass is 9.66. The van der Waals surface area contributed by atoms with Crippen LogP contribution >= 0.6 is 0 Å². The molecule has 1 aliphatic rings. The van der Waals surface area contributed by atoms with Gasteiger partial charge in [-0.15, -0.1) is 0 Å². The zero-order chi connectivity index (χ0) is 13.5. The van der Waals surface area contributed by atoms with Crippen LogP contribution < -0.4 is 5.73 Å². The van der Waals surface area contributed by atoms with E-state index >= 15 is 0 Å². The van der Waals surface area contributed by atoms with E-state index in [9.17, 15) is 4.79 Å². The van der Waals surface area contributed by atoms with E-state index in [4.69, 9.17) is 10.2 Å². The predicted octanol–water partition coefficient (Wildman–Crippen LogP) is 3.44. The summed E-state index contributed by atoms with van der Waals surface area (Å²) in [6.45, 7) is 2.59. The van der Waals surface area contributed by atoms with E-state index in [0.29, 0.717) is 18.7 Å². The number of fused-ring (bicyclic) bond motifs is 1. The van der Waals surface area contributed by atoms with Gasteiger partial charge in [-0.25, -0.2) is 0 Å². The van der Waals surface area contributed by atoms with Gasteiger partial charge in [-0.05, 0) is 43.4 Å². The third kappa shape index (κ3) is 2.08. The minimum Gasteiger partial charge on any atom is -0.453 e. The fourth-order valence-corrected chi connectivity index (χ4v) is 2.90. The van der Waals surface area contributed by atoms with Crippen LogP contribution in [0.4, 0.5) is 0 Å². The zero-order valence-corrected chi connectivity index (χ0v) is 11.2. The molecule has 1 aromatic carbocycles. The van der Waals surface area contributed by atoms with Gasteiger partial charge in [0.25, 0.3) is 0 Å². The third-order valence-corrected chi connectivity index (χ3v) is 4.40. The molecule has 0 atom stereocenters. The number of furan rings is 1. The fourth-order valence-electron chi connectivity index (χ4n) is 2.90. The van der Waals surface area contributed by atoms with E-state index in [0.717, 1.165) is 29.4 Å². The van der Waals surface area contributed by atoms with Crippen molar-refractivity contribution < 1.29 is 9.21 Å². The molecule has 0 saturated heterocycles. The summed E-state index contributed by atoms with van der Waals surface area (Å²) in [5, 5.41) is 0.999. The number of hydrogen-bond acceptors (Lipinski definition) is 3. The van der Waals surface area contributed by atoms with Crippen molar-refractivity contribution in [1.82, 2.24) is 0 Å². The highest BCUT2D eigenvalue weighted by atomic mass is 16.3. The van der Waals surface area contributed by atoms with Crippen molar-refractivity contribution in [2.24, 2.45) is 11.1 Å². The van der Waals surface area contributed by atoms with Crippen molar-refractivity contribution in [1.29, 1.82) is 0 Å². The summed E-state index contributed by atoms with van der Waals surface area (Å²) in [6, 6.07) is 7.81. The largest absolute Gasteiger partial charge is 0.453 e. The predicted molar refractivity (Wildman–Crippen MR) is 75.2 cm³/mol. The Kier molecular flexibility index (Phi) is 2.94. The Bertz CT molecular complexity index is 617. The SMILES string of the molecule is Cc1cccc2cc(C(=O)CC3(CN)CCC3)oc12. The van der Waals surface area contributed by atoms with Crippen LogP contribution in [0.3, 0.4) is 0 Å². The minimum absolute atomic E-state index is 0.0328. The lowest BCUT2D eigenvalue weighted by molar-refractivity contribution is 0.0762. The molecule has 3 rings (SSSR count). The Morgan fingerprint density at radius 2 is 2.21 bits per heavy atom. The highest BCUT2D eigenvalue weighted by molar-refractivity contribution is 5.98. The van der Waals surface area contributed by atoms with E-state index in [1.807, 2.05) is 31.2 Å². The molecule has 0 unspecified atom stereocenters. The smallest absolute Gasteiger partial charge is 0.198 e. The van der Waals surface area contributed by atoms with E-state index in [1.165, 1.54) is 6.42 Å². The van der Waals surface area contributed by atoms with Gasteiger partial charge in [0.15, 0.2) is 11.5 Å². The molecule has 0 aliphatic heterocycles. The fraction of sp³-hybridized carbons (Fsp3) is 0.438. The van der Waals surface area contributed by atoms with E-state index in [2.05, 4.69) is 0 Å². The van der Waals surface area contributed by atoms with Crippen LogP contribution in [-0.4, -0.2) is 12.3 Å². The maximum atomic E-state index is 12.3. The quantitative estimate of drug-likeness (QED) is 0.853. The average Bonchev–Trinajstić information content (AvgIpc) is 2.79. The maximum Gasteiger partial charge on any atom is 0.198 e. The Labute approximate surface area is 112 Å². The molecular formula is C16H19NO2. The number of benzene rings is 1. The Balaban J connectivity index is 1.87. The molecule has 1 aromatic heterocycles. The molecule has 3 heteroatoms. The van der Waals surface area contributed by atoms with Crippen LogP contribution in [0.5, 0.6) is 0 Å². The van der Waals surface area contributed by atoms with Crippen molar-refractivity contribution in [3.8, 4) is 0 Å². The van der Waals surface area contributed by atoms with Crippen LogP contribution in [0.15, 0.2) is 28.7 Å². The van der Waals surface area contributed by atoms with Crippen molar-refractivity contribution in [2.45, 2.75) is 32.6 Å². The van der Waals surface area contributed by atoms with Crippen molar-refractivity contribution in [3.63, 3.8) is 0 Å². The summed E-state index contributed by atoms with van der Waals surface area (Å²) in [5.41, 5.74) is 7.73. The number of aryl methyl sites for hydroxylation is 1. The van der Waals surface area contributed by atoms with E-state index in [1.54, 1.807) is 0 Å². The summed E-state index contributed by atoms with van der Waals surface area (Å²) in [4.78, 5) is 12.3. The van der Waals surface area contributed by atoms with Gasteiger partial charge in [0.05, 0.1) is 0 Å². The van der Waals surface area contributed by atoms with Gasteiger partial charge in [0.1, 0.15) is 5.58 Å². The normalized spacial score (nSPS) is 17.4. The number of carbonyl (C=O) groups excluding carboxylic acids is 1. The summed E-state index contributed by atoms with van der Waals surface area (Å²) in [7, 11) is 0. The van der Waals surface area contributed by atoms with Crippen molar-refractivity contribution in [2.75, 3.05) is 6.54 Å². The third-order valence-electron chi connectivity index (χ3n) is 4.40. The number of Topliss-reactive ketones (excluding diaryl/α,β-unsaturated/α-hetero) is 1. The number of carbonyl (C=O) groups is 1. The van der Waals surface area contributed by atoms with Gasteiger partial charge < -0.3 is 10.2 Å². The first kappa shape index (κ1) is 12.4. The first-order valence-electron chi connectivity index (χ1n) is 6.86. The van der Waals surface area contributed by atoms with Crippen LogP contribution in [0, 0.1) is 12.3 Å². The number of hydrogen-bond donors (Lipinski definition) is 1. The van der Waals surface area contributed by atoms with Crippen LogP contribution in [-0.2, 0) is 0 Å². The van der Waals surface area contributed by atoms with Gasteiger partial charge >= 0.3 is 0 Å². The van der Waals surface area contributed by atoms with Crippen LogP contribution in [0.25, 0.3) is 11.0 Å². The molecule has 1 fully saturated rings. The number of ketones is 1. The first-order chi connectivity index (χ1) is 9.13. The minimum atomic E-state index is 0.0328. The molecule has 2 N–H and O–H groups in total. The zero-order valence-electron chi connectivity index (χ0n) is 11.2. The molecule has 0 bridgehead atoms. The number of para-hydroxylation sites is 1. The number of rotatable bonds is 4. The van der Waals surface area contributed by atoms with Gasteiger partial charge in [-0.3, -0.25) is 4.79 Å². The Morgan fingerprint density at radius 3 is 2.79 bits per heavy atom. The van der Waals surface area contributed by atoms with E-state index < -0.39 is 0 Å². The molecule has 19 heavy (non-hydrogen) atoms. The standard InChI is InChI=1S/C16H19NO2/c1-11-4-2-5-12-8-14(19-15(11)12)13(18)9-16(10-17)6-3-7-16/h2,4-5,8H,3,6-7,9-10,17H2,1H3. The van der Waals surface area contributed by atoms with E-state index in [-0.39, 0.29) is 11.2 Å². The highest BCUT2D eigenvalue weighted by Crippen LogP contribution is 2.43. The van der Waals surface area contributed by atoms with Gasteiger partial charge in [0, 0.05) is 11.8 Å². The highest BCUT2D eigenvalue weighted by Gasteiger charge is 2.38. The molecular weight excluding hydrogens is 238 g/mol. The second kappa shape index (κ2) is 4.49. The molecule has 100 valence electrons. The topological polar surface area (TPSA) is 56.2 Å². The lowest BCUT2D eigenvalue weighted by Gasteiger charge is -2.40. The Hall–Kier alpha value is -1.61. The molecule has 2 aromatic rings. The average molecular weight is 257 g/mol. The molecule has 0 spiro atoms. The lowest BCUT2D eigenvalue weighted by Crippen LogP contribution is -2.39. The summed E-state index contributed by atoms with van der Waals surface area (Å²) in [5.74, 6) is 0.560. The van der Waals surface area contributed by atoms with Gasteiger partial charge in [0.2, 0.25) is 0 Å². The monoisotopic (exact) mass is 257 g/mol. The molecule has 1 aliphatic carbocycles. The summed E-state index contributed by atoms with van der Waals surface area (Å²) < 4.78 is 5.73. The van der Waals surface area contributed by atoms with Crippen LogP contribution in [0.2, 0.25) is 0 Å². The summed E-state index contributed by atoms with van der Waals surface area (Å²) in [6.07, 6.45) is 3.83. The molecule has 1 saturated carbocycles. The molecule has 0 amide bonds. The maximum absolute atomic E-state index is 12.3. The van der Waals surface area contributed by atoms with Gasteiger partial charge in [-0.2, -0.15) is 0 Å². The second-order valence-electron chi connectivity index (χ2n) is 5.76. The van der Waals surface area contributed by atoms with Crippen molar-refractivity contribution >= 4 is 16.8 Å². The molecule has 0 radical (unpaired) electrons. The first-order valence-corrected chi connectivity index (χ1v) is 6.86. The summed E-state index contributed by atoms with van der Waals surface area (Å²) >= 11 is 0. The number of nitrogens with two attached hydrogens (primary N) is 1. The second-order valence-corrected chi connectivity index (χ2v) is 5.76. The van der Waals surface area contributed by atoms with Crippen LogP contribution in [0.1, 0.15) is 41.8 Å². The molecule has 1 heterocycles. The molecule has 3 nitrogen and oxygen atoms in total. The Morgan fingerprint density at radius 1 is 1.42 bits per heavy atom.